The fourth-order valence-electron chi connectivity index (χ4n) is 3.20. The van der Waals surface area contributed by atoms with Crippen LogP contribution in [0.1, 0.15) is 27.0 Å². The molecular weight excluding hydrogens is 406 g/mol. The minimum absolute atomic E-state index is 0.189. The molecule has 1 aliphatic rings. The van der Waals surface area contributed by atoms with Crippen LogP contribution in [0.2, 0.25) is 0 Å². The van der Waals surface area contributed by atoms with Crippen LogP contribution in [0.15, 0.2) is 72.8 Å². The van der Waals surface area contributed by atoms with E-state index < -0.39 is 5.91 Å². The molecule has 7 heteroatoms. The first-order valence-corrected chi connectivity index (χ1v) is 9.88. The highest BCUT2D eigenvalue weighted by molar-refractivity contribution is 6.07. The van der Waals surface area contributed by atoms with E-state index in [0.717, 1.165) is 5.56 Å². The molecular formula is C25H19N3O4. The summed E-state index contributed by atoms with van der Waals surface area (Å²) in [5, 5.41) is 14.7. The highest BCUT2D eigenvalue weighted by atomic mass is 16.7. The van der Waals surface area contributed by atoms with Crippen molar-refractivity contribution in [3.63, 3.8) is 0 Å². The summed E-state index contributed by atoms with van der Waals surface area (Å²) in [5.74, 6) is 0.596. The van der Waals surface area contributed by atoms with Crippen LogP contribution in [0.4, 0.5) is 5.69 Å². The van der Waals surface area contributed by atoms with Crippen LogP contribution in [-0.2, 0) is 11.3 Å². The van der Waals surface area contributed by atoms with Crippen LogP contribution < -0.4 is 20.1 Å². The van der Waals surface area contributed by atoms with Gasteiger partial charge in [-0.05, 0) is 47.5 Å². The maximum Gasteiger partial charge on any atom is 0.253 e. The number of para-hydroxylation sites is 1. The molecule has 0 fully saturated rings. The average Bonchev–Trinajstić information content (AvgIpc) is 3.29. The summed E-state index contributed by atoms with van der Waals surface area (Å²) in [6.45, 7) is 0.483. The molecule has 0 atom stereocenters. The number of anilines is 1. The first-order valence-electron chi connectivity index (χ1n) is 9.88. The van der Waals surface area contributed by atoms with Crippen molar-refractivity contribution in [3.05, 3.63) is 95.1 Å². The Morgan fingerprint density at radius 3 is 2.66 bits per heavy atom. The molecule has 0 saturated heterocycles. The first kappa shape index (κ1) is 20.7. The van der Waals surface area contributed by atoms with E-state index in [1.54, 1.807) is 60.7 Å². The maximum absolute atomic E-state index is 12.7. The molecule has 158 valence electrons. The lowest BCUT2D eigenvalue weighted by Gasteiger charge is -2.11. The smallest absolute Gasteiger partial charge is 0.253 e. The van der Waals surface area contributed by atoms with E-state index in [9.17, 15) is 9.59 Å². The van der Waals surface area contributed by atoms with E-state index >= 15 is 0 Å². The van der Waals surface area contributed by atoms with Crippen molar-refractivity contribution in [2.24, 2.45) is 0 Å². The second-order valence-electron chi connectivity index (χ2n) is 6.94. The van der Waals surface area contributed by atoms with Gasteiger partial charge in [0.2, 0.25) is 12.7 Å². The largest absolute Gasteiger partial charge is 0.454 e. The predicted molar refractivity (Wildman–Crippen MR) is 119 cm³/mol. The Kier molecular flexibility index (Phi) is 6.14. The number of rotatable bonds is 6. The molecule has 2 N–H and O–H groups in total. The van der Waals surface area contributed by atoms with Crippen molar-refractivity contribution in [3.8, 4) is 17.6 Å². The van der Waals surface area contributed by atoms with Gasteiger partial charge < -0.3 is 20.1 Å². The Balaban J connectivity index is 1.42. The van der Waals surface area contributed by atoms with Gasteiger partial charge in [-0.3, -0.25) is 9.59 Å². The number of fused-ring (bicyclic) bond motifs is 1. The lowest BCUT2D eigenvalue weighted by atomic mass is 10.1. The summed E-state index contributed by atoms with van der Waals surface area (Å²) in [6, 6.07) is 21.3. The van der Waals surface area contributed by atoms with E-state index in [-0.39, 0.29) is 12.7 Å². The Hall–Kier alpha value is -4.57. The fraction of sp³-hybridized carbons (Fsp3) is 0.0800. The van der Waals surface area contributed by atoms with Crippen molar-refractivity contribution in [1.82, 2.24) is 5.32 Å². The molecule has 0 radical (unpaired) electrons. The van der Waals surface area contributed by atoms with Gasteiger partial charge in [0.15, 0.2) is 11.5 Å². The van der Waals surface area contributed by atoms with Crippen molar-refractivity contribution < 1.29 is 19.1 Å². The molecule has 2 amide bonds. The van der Waals surface area contributed by atoms with E-state index in [1.165, 1.54) is 6.08 Å². The van der Waals surface area contributed by atoms with Gasteiger partial charge in [0.25, 0.3) is 5.91 Å². The van der Waals surface area contributed by atoms with Gasteiger partial charge in [-0.1, -0.05) is 36.4 Å². The van der Waals surface area contributed by atoms with Gasteiger partial charge in [-0.2, -0.15) is 5.26 Å². The minimum Gasteiger partial charge on any atom is -0.454 e. The van der Waals surface area contributed by atoms with E-state index in [2.05, 4.69) is 16.7 Å². The Labute approximate surface area is 184 Å². The molecule has 1 aliphatic heterocycles. The van der Waals surface area contributed by atoms with E-state index in [4.69, 9.17) is 14.7 Å². The molecule has 0 spiro atoms. The monoisotopic (exact) mass is 425 g/mol. The molecule has 0 aromatic heterocycles. The molecule has 0 bridgehead atoms. The maximum atomic E-state index is 12.7. The topological polar surface area (TPSA) is 100 Å². The van der Waals surface area contributed by atoms with Gasteiger partial charge in [-0.25, -0.2) is 0 Å². The number of nitrogens with one attached hydrogen (secondary N) is 2. The van der Waals surface area contributed by atoms with Crippen molar-refractivity contribution in [2.45, 2.75) is 6.54 Å². The van der Waals surface area contributed by atoms with E-state index in [1.807, 2.05) is 12.1 Å². The SMILES string of the molecule is N#Cc1ccccc1/C=C\C(=O)Nc1ccccc1C(=O)NCc1ccc2c(c1)OCO2. The first-order chi connectivity index (χ1) is 15.6. The molecule has 32 heavy (non-hydrogen) atoms. The molecule has 3 aromatic carbocycles. The fourth-order valence-corrected chi connectivity index (χ4v) is 3.20. The number of amides is 2. The summed E-state index contributed by atoms with van der Waals surface area (Å²) in [6.07, 6.45) is 2.90. The number of carbonyl (C=O) groups is 2. The molecule has 0 aliphatic carbocycles. The standard InChI is InChI=1S/C25H19N3O4/c26-14-19-6-2-1-5-18(19)10-12-24(29)28-21-8-4-3-7-20(21)25(30)27-15-17-9-11-22-23(13-17)32-16-31-22/h1-13H,15-16H2,(H,27,30)(H,28,29)/b12-10-. The van der Waals surface area contributed by atoms with Crippen molar-refractivity contribution >= 4 is 23.6 Å². The van der Waals surface area contributed by atoms with Crippen molar-refractivity contribution in [1.29, 1.82) is 5.26 Å². The lowest BCUT2D eigenvalue weighted by molar-refractivity contribution is -0.111. The number of carbonyl (C=O) groups excluding carboxylic acids is 2. The second kappa shape index (κ2) is 9.49. The van der Waals surface area contributed by atoms with Crippen LogP contribution in [0.25, 0.3) is 6.08 Å². The highest BCUT2D eigenvalue weighted by Crippen LogP contribution is 2.32. The van der Waals surface area contributed by atoms with Gasteiger partial charge in [0.05, 0.1) is 22.9 Å². The third-order valence-electron chi connectivity index (χ3n) is 4.82. The van der Waals surface area contributed by atoms with Crippen LogP contribution in [-0.4, -0.2) is 18.6 Å². The third kappa shape index (κ3) is 4.77. The third-order valence-corrected chi connectivity index (χ3v) is 4.82. The quantitative estimate of drug-likeness (QED) is 0.584. The summed E-state index contributed by atoms with van der Waals surface area (Å²) in [5.41, 5.74) is 2.70. The number of nitriles is 1. The minimum atomic E-state index is -0.409. The Bertz CT molecular complexity index is 1240. The zero-order valence-electron chi connectivity index (χ0n) is 17.0. The predicted octanol–water partition coefficient (Wildman–Crippen LogP) is 3.87. The van der Waals surface area contributed by atoms with Gasteiger partial charge in [0.1, 0.15) is 0 Å². The van der Waals surface area contributed by atoms with Crippen molar-refractivity contribution in [2.75, 3.05) is 12.1 Å². The number of ether oxygens (including phenoxy) is 2. The van der Waals surface area contributed by atoms with Crippen LogP contribution in [0.3, 0.4) is 0 Å². The molecule has 0 unspecified atom stereocenters. The molecule has 1 heterocycles. The Morgan fingerprint density at radius 1 is 1.00 bits per heavy atom. The number of hydrogen-bond acceptors (Lipinski definition) is 5. The summed E-state index contributed by atoms with van der Waals surface area (Å²) in [7, 11) is 0. The normalized spacial score (nSPS) is 11.7. The zero-order chi connectivity index (χ0) is 22.3. The molecule has 7 nitrogen and oxygen atoms in total. The van der Waals surface area contributed by atoms with Crippen LogP contribution >= 0.6 is 0 Å². The number of hydrogen-bond donors (Lipinski definition) is 2. The van der Waals surface area contributed by atoms with E-state index in [0.29, 0.717) is 40.4 Å². The van der Waals surface area contributed by atoms with Gasteiger partial charge in [-0.15, -0.1) is 0 Å². The summed E-state index contributed by atoms with van der Waals surface area (Å²) >= 11 is 0. The molecule has 3 aromatic rings. The van der Waals surface area contributed by atoms with Crippen LogP contribution in [0, 0.1) is 11.3 Å². The number of nitrogens with zero attached hydrogens (tertiary/aromatic N) is 1. The van der Waals surface area contributed by atoms with Crippen LogP contribution in [0.5, 0.6) is 11.5 Å². The molecule has 0 saturated carbocycles. The highest BCUT2D eigenvalue weighted by Gasteiger charge is 2.15. The van der Waals surface area contributed by atoms with Gasteiger partial charge in [0, 0.05) is 12.6 Å². The zero-order valence-corrected chi connectivity index (χ0v) is 17.0. The second-order valence-corrected chi connectivity index (χ2v) is 6.94. The summed E-state index contributed by atoms with van der Waals surface area (Å²) in [4.78, 5) is 25.2. The summed E-state index contributed by atoms with van der Waals surface area (Å²) < 4.78 is 10.6. The average molecular weight is 425 g/mol. The number of benzene rings is 3. The Morgan fingerprint density at radius 2 is 1.78 bits per heavy atom. The molecule has 4 rings (SSSR count). The lowest BCUT2D eigenvalue weighted by Crippen LogP contribution is -2.24. The van der Waals surface area contributed by atoms with Gasteiger partial charge >= 0.3 is 0 Å².